The molecule has 1 aromatic heterocycles. The smallest absolute Gasteiger partial charge is 0.219 e. The molecule has 2 nitrogen and oxygen atoms in total. The predicted molar refractivity (Wildman–Crippen MR) is 74.6 cm³/mol. The minimum absolute atomic E-state index is 0.406. The van der Waals surface area contributed by atoms with Crippen LogP contribution in [0, 0.1) is 6.92 Å². The van der Waals surface area contributed by atoms with Gasteiger partial charge in [0.2, 0.25) is 5.88 Å². The lowest BCUT2D eigenvalue weighted by atomic mass is 10.0. The number of hydrogen-bond acceptors (Lipinski definition) is 2. The molecule has 0 atom stereocenters. The molecular formula is C15H16ClNO. The highest BCUT2D eigenvalue weighted by Crippen LogP contribution is 2.29. The molecule has 1 heterocycles. The Labute approximate surface area is 113 Å². The highest BCUT2D eigenvalue weighted by atomic mass is 35.5. The van der Waals surface area contributed by atoms with Crippen LogP contribution in [0.5, 0.6) is 11.6 Å². The summed E-state index contributed by atoms with van der Waals surface area (Å²) < 4.78 is 5.68. The van der Waals surface area contributed by atoms with Crippen LogP contribution in [-0.2, 0) is 0 Å². The van der Waals surface area contributed by atoms with Gasteiger partial charge in [0.1, 0.15) is 5.75 Å². The van der Waals surface area contributed by atoms with E-state index in [1.54, 1.807) is 0 Å². The number of pyridine rings is 1. The van der Waals surface area contributed by atoms with Gasteiger partial charge in [0.25, 0.3) is 0 Å². The van der Waals surface area contributed by atoms with Crippen molar-refractivity contribution in [1.29, 1.82) is 0 Å². The van der Waals surface area contributed by atoms with E-state index in [0.29, 0.717) is 17.5 Å². The van der Waals surface area contributed by atoms with Gasteiger partial charge in [-0.25, -0.2) is 4.98 Å². The molecule has 1 aromatic carbocycles. The van der Waals surface area contributed by atoms with Gasteiger partial charge in [0, 0.05) is 16.8 Å². The number of aromatic nitrogens is 1. The van der Waals surface area contributed by atoms with Crippen molar-refractivity contribution in [2.75, 3.05) is 0 Å². The first-order valence-corrected chi connectivity index (χ1v) is 6.35. The minimum atomic E-state index is 0.406. The lowest BCUT2D eigenvalue weighted by molar-refractivity contribution is 0.461. The van der Waals surface area contributed by atoms with E-state index >= 15 is 0 Å². The average Bonchev–Trinajstić information content (AvgIpc) is 2.28. The summed E-state index contributed by atoms with van der Waals surface area (Å²) >= 11 is 6.22. The first-order valence-electron chi connectivity index (χ1n) is 5.97. The monoisotopic (exact) mass is 261 g/mol. The number of benzene rings is 1. The van der Waals surface area contributed by atoms with Crippen LogP contribution in [0.2, 0.25) is 5.02 Å². The van der Waals surface area contributed by atoms with Gasteiger partial charge in [-0.2, -0.15) is 0 Å². The van der Waals surface area contributed by atoms with Crippen LogP contribution in [0.15, 0.2) is 36.4 Å². The molecule has 0 bridgehead atoms. The average molecular weight is 262 g/mol. The molecule has 0 N–H and O–H groups in total. The van der Waals surface area contributed by atoms with E-state index in [9.17, 15) is 0 Å². The zero-order valence-electron chi connectivity index (χ0n) is 10.8. The molecule has 18 heavy (non-hydrogen) atoms. The molecule has 2 rings (SSSR count). The lowest BCUT2D eigenvalue weighted by Gasteiger charge is -2.10. The van der Waals surface area contributed by atoms with Gasteiger partial charge in [-0.15, -0.1) is 0 Å². The molecule has 0 saturated heterocycles. The number of rotatable bonds is 3. The minimum Gasteiger partial charge on any atom is -0.439 e. The van der Waals surface area contributed by atoms with Crippen molar-refractivity contribution in [3.8, 4) is 11.6 Å². The van der Waals surface area contributed by atoms with Crippen molar-refractivity contribution in [2.24, 2.45) is 0 Å². The van der Waals surface area contributed by atoms with Crippen LogP contribution < -0.4 is 4.74 Å². The van der Waals surface area contributed by atoms with E-state index < -0.39 is 0 Å². The molecule has 0 spiro atoms. The second-order valence-electron chi connectivity index (χ2n) is 4.56. The largest absolute Gasteiger partial charge is 0.439 e. The molecule has 0 aliphatic heterocycles. The molecule has 0 radical (unpaired) electrons. The molecule has 0 aliphatic rings. The summed E-state index contributed by atoms with van der Waals surface area (Å²) in [5.74, 6) is 1.70. The Kier molecular flexibility index (Phi) is 3.87. The zero-order valence-corrected chi connectivity index (χ0v) is 11.5. The van der Waals surface area contributed by atoms with Gasteiger partial charge in [0.05, 0.1) is 0 Å². The van der Waals surface area contributed by atoms with Gasteiger partial charge >= 0.3 is 0 Å². The number of nitrogens with zero attached hydrogens (tertiary/aromatic N) is 1. The van der Waals surface area contributed by atoms with Gasteiger partial charge in [0.15, 0.2) is 0 Å². The summed E-state index contributed by atoms with van der Waals surface area (Å²) in [7, 11) is 0. The fourth-order valence-corrected chi connectivity index (χ4v) is 2.12. The van der Waals surface area contributed by atoms with Gasteiger partial charge in [-0.1, -0.05) is 37.6 Å². The molecule has 94 valence electrons. The van der Waals surface area contributed by atoms with Gasteiger partial charge < -0.3 is 4.74 Å². The second kappa shape index (κ2) is 5.40. The molecule has 0 saturated carbocycles. The van der Waals surface area contributed by atoms with Crippen molar-refractivity contribution in [1.82, 2.24) is 4.98 Å². The van der Waals surface area contributed by atoms with E-state index in [2.05, 4.69) is 18.8 Å². The predicted octanol–water partition coefficient (Wildman–Crippen LogP) is 4.96. The molecule has 2 aromatic rings. The third kappa shape index (κ3) is 3.02. The van der Waals surface area contributed by atoms with E-state index in [4.69, 9.17) is 16.3 Å². The van der Waals surface area contributed by atoms with E-state index in [-0.39, 0.29) is 0 Å². The lowest BCUT2D eigenvalue weighted by Crippen LogP contribution is -1.92. The Hall–Kier alpha value is -1.54. The van der Waals surface area contributed by atoms with Crippen molar-refractivity contribution in [3.05, 3.63) is 52.7 Å². The Morgan fingerprint density at radius 1 is 1.17 bits per heavy atom. The molecule has 0 aliphatic carbocycles. The third-order valence-corrected chi connectivity index (χ3v) is 3.01. The SMILES string of the molecule is Cc1cccc(Oc2ccc(C(C)C)c(Cl)c2)n1. The van der Waals surface area contributed by atoms with Crippen molar-refractivity contribution in [3.63, 3.8) is 0 Å². The van der Waals surface area contributed by atoms with Crippen LogP contribution in [0.25, 0.3) is 0 Å². The first kappa shape index (κ1) is 12.9. The number of aryl methyl sites for hydroxylation is 1. The maximum Gasteiger partial charge on any atom is 0.219 e. The Balaban J connectivity index is 2.23. The fraction of sp³-hybridized carbons (Fsp3) is 0.267. The number of hydrogen-bond donors (Lipinski definition) is 0. The van der Waals surface area contributed by atoms with Crippen molar-refractivity contribution in [2.45, 2.75) is 26.7 Å². The van der Waals surface area contributed by atoms with E-state index in [0.717, 1.165) is 16.3 Å². The van der Waals surface area contributed by atoms with Crippen LogP contribution in [0.3, 0.4) is 0 Å². The van der Waals surface area contributed by atoms with Crippen LogP contribution in [0.4, 0.5) is 0 Å². The summed E-state index contributed by atoms with van der Waals surface area (Å²) in [6.07, 6.45) is 0. The maximum absolute atomic E-state index is 6.22. The first-order chi connectivity index (χ1) is 8.56. The maximum atomic E-state index is 6.22. The highest BCUT2D eigenvalue weighted by Gasteiger charge is 2.07. The molecule has 0 amide bonds. The molecule has 0 unspecified atom stereocenters. The Morgan fingerprint density at radius 3 is 2.56 bits per heavy atom. The summed E-state index contributed by atoms with van der Waals surface area (Å²) in [6.45, 7) is 6.16. The van der Waals surface area contributed by atoms with Crippen LogP contribution in [0.1, 0.15) is 31.0 Å². The highest BCUT2D eigenvalue weighted by molar-refractivity contribution is 6.31. The molecule has 3 heteroatoms. The molecular weight excluding hydrogens is 246 g/mol. The Bertz CT molecular complexity index is 552. The summed E-state index contributed by atoms with van der Waals surface area (Å²) in [5.41, 5.74) is 2.05. The van der Waals surface area contributed by atoms with E-state index in [1.165, 1.54) is 0 Å². The number of halogens is 1. The van der Waals surface area contributed by atoms with Gasteiger partial charge in [-0.3, -0.25) is 0 Å². The normalized spacial score (nSPS) is 10.7. The second-order valence-corrected chi connectivity index (χ2v) is 4.96. The van der Waals surface area contributed by atoms with Crippen molar-refractivity contribution < 1.29 is 4.74 Å². The quantitative estimate of drug-likeness (QED) is 0.779. The van der Waals surface area contributed by atoms with Gasteiger partial charge in [-0.05, 0) is 36.6 Å². The van der Waals surface area contributed by atoms with Crippen LogP contribution >= 0.6 is 11.6 Å². The van der Waals surface area contributed by atoms with E-state index in [1.807, 2.05) is 43.3 Å². The summed E-state index contributed by atoms with van der Waals surface area (Å²) in [6, 6.07) is 11.4. The summed E-state index contributed by atoms with van der Waals surface area (Å²) in [4.78, 5) is 4.29. The standard InChI is InChI=1S/C15H16ClNO/c1-10(2)13-8-7-12(9-14(13)16)18-15-6-4-5-11(3)17-15/h4-10H,1-3H3. The van der Waals surface area contributed by atoms with Crippen LogP contribution in [-0.4, -0.2) is 4.98 Å². The topological polar surface area (TPSA) is 22.1 Å². The fourth-order valence-electron chi connectivity index (χ4n) is 1.74. The third-order valence-electron chi connectivity index (χ3n) is 2.68. The molecule has 0 fully saturated rings. The Morgan fingerprint density at radius 2 is 1.94 bits per heavy atom. The summed E-state index contributed by atoms with van der Waals surface area (Å²) in [5, 5.41) is 0.732. The van der Waals surface area contributed by atoms with Crippen molar-refractivity contribution >= 4 is 11.6 Å². The number of ether oxygens (including phenoxy) is 1. The zero-order chi connectivity index (χ0) is 13.1.